The molecular formula is C6H6F5. The summed E-state index contributed by atoms with van der Waals surface area (Å²) in [4.78, 5) is 0. The van der Waals surface area contributed by atoms with Gasteiger partial charge >= 0.3 is 12.6 Å². The maximum atomic E-state index is 11.6. The second kappa shape index (κ2) is 3.69. The van der Waals surface area contributed by atoms with Crippen LogP contribution in [-0.4, -0.2) is 6.18 Å². The quantitative estimate of drug-likeness (QED) is 0.562. The van der Waals surface area contributed by atoms with Crippen molar-refractivity contribution in [3.8, 4) is 0 Å². The molecule has 11 heavy (non-hydrogen) atoms. The van der Waals surface area contributed by atoms with Gasteiger partial charge < -0.3 is 0 Å². The van der Waals surface area contributed by atoms with Crippen LogP contribution in [0.4, 0.5) is 22.0 Å². The van der Waals surface area contributed by atoms with E-state index in [1.807, 2.05) is 0 Å². The average molecular weight is 173 g/mol. The molecule has 0 bridgehead atoms. The maximum absolute atomic E-state index is 11.6. The molecule has 0 nitrogen and oxygen atoms in total. The Kier molecular flexibility index (Phi) is 3.48. The molecular weight excluding hydrogens is 167 g/mol. The lowest BCUT2D eigenvalue weighted by atomic mass is 10.1. The Labute approximate surface area is 60.7 Å². The Morgan fingerprint density at radius 2 is 1.73 bits per heavy atom. The standard InChI is InChI=1S/C6H6F5/c1-4(6(9,10)11)2-3-5(7)8/h2-4H,1H3. The number of halogens is 5. The lowest BCUT2D eigenvalue weighted by Crippen LogP contribution is -2.17. The summed E-state index contributed by atoms with van der Waals surface area (Å²) in [5.41, 5.74) is 0. The summed E-state index contributed by atoms with van der Waals surface area (Å²) in [5.74, 6) is -1.83. The van der Waals surface area contributed by atoms with E-state index in [1.165, 1.54) is 0 Å². The molecule has 0 aromatic rings. The van der Waals surface area contributed by atoms with Gasteiger partial charge in [-0.25, -0.2) is 0 Å². The van der Waals surface area contributed by atoms with Gasteiger partial charge in [-0.05, 0) is 6.08 Å². The Morgan fingerprint density at radius 3 is 2.00 bits per heavy atom. The SMILES string of the molecule is CC(C=C[C](F)F)C(F)(F)F. The highest BCUT2D eigenvalue weighted by Gasteiger charge is 2.33. The van der Waals surface area contributed by atoms with Crippen molar-refractivity contribution in [2.75, 3.05) is 0 Å². The first-order valence-electron chi connectivity index (χ1n) is 2.77. The highest BCUT2D eigenvalue weighted by molar-refractivity contribution is 4.98. The molecule has 5 heteroatoms. The van der Waals surface area contributed by atoms with Crippen molar-refractivity contribution in [2.24, 2.45) is 5.92 Å². The van der Waals surface area contributed by atoms with Crippen LogP contribution in [0.3, 0.4) is 0 Å². The summed E-state index contributed by atoms with van der Waals surface area (Å²) >= 11 is 0. The van der Waals surface area contributed by atoms with Crippen molar-refractivity contribution >= 4 is 0 Å². The van der Waals surface area contributed by atoms with Gasteiger partial charge in [-0.1, -0.05) is 13.0 Å². The fourth-order valence-corrected chi connectivity index (χ4v) is 0.326. The lowest BCUT2D eigenvalue weighted by molar-refractivity contribution is -0.156. The third kappa shape index (κ3) is 4.75. The van der Waals surface area contributed by atoms with E-state index >= 15 is 0 Å². The first-order chi connectivity index (χ1) is 4.84. The van der Waals surface area contributed by atoms with Crippen LogP contribution in [0.2, 0.25) is 0 Å². The summed E-state index contributed by atoms with van der Waals surface area (Å²) in [7, 11) is 0. The van der Waals surface area contributed by atoms with E-state index in [-0.39, 0.29) is 6.08 Å². The fourth-order valence-electron chi connectivity index (χ4n) is 0.326. The van der Waals surface area contributed by atoms with Gasteiger partial charge in [0.15, 0.2) is 0 Å². The highest BCUT2D eigenvalue weighted by atomic mass is 19.4. The number of hydrogen-bond donors (Lipinski definition) is 0. The van der Waals surface area contributed by atoms with Crippen molar-refractivity contribution < 1.29 is 22.0 Å². The second-order valence-corrected chi connectivity index (χ2v) is 1.98. The molecule has 0 N–H and O–H groups in total. The molecule has 0 aliphatic carbocycles. The molecule has 0 aliphatic rings. The summed E-state index contributed by atoms with van der Waals surface area (Å²) in [6.45, 7) is 0.805. The first-order valence-corrected chi connectivity index (χ1v) is 2.77. The Hall–Kier alpha value is -0.610. The minimum Gasteiger partial charge on any atom is -0.195 e. The molecule has 0 saturated carbocycles. The summed E-state index contributed by atoms with van der Waals surface area (Å²) in [6.07, 6.45) is -6.00. The first kappa shape index (κ1) is 10.4. The summed E-state index contributed by atoms with van der Waals surface area (Å²) in [6, 6.07) is 0. The van der Waals surface area contributed by atoms with Crippen LogP contribution >= 0.6 is 0 Å². The van der Waals surface area contributed by atoms with Crippen molar-refractivity contribution in [3.05, 3.63) is 18.6 Å². The van der Waals surface area contributed by atoms with Crippen molar-refractivity contribution in [2.45, 2.75) is 13.1 Å². The molecule has 0 saturated heterocycles. The van der Waals surface area contributed by atoms with Gasteiger partial charge in [0.1, 0.15) is 0 Å². The zero-order valence-electron chi connectivity index (χ0n) is 5.62. The largest absolute Gasteiger partial charge is 0.394 e. The van der Waals surface area contributed by atoms with Crippen molar-refractivity contribution in [1.29, 1.82) is 0 Å². The molecule has 0 amide bonds. The van der Waals surface area contributed by atoms with Gasteiger partial charge in [-0.3, -0.25) is 0 Å². The predicted molar refractivity (Wildman–Crippen MR) is 29.8 cm³/mol. The summed E-state index contributed by atoms with van der Waals surface area (Å²) < 4.78 is 57.3. The van der Waals surface area contributed by atoms with E-state index in [4.69, 9.17) is 0 Å². The fraction of sp³-hybridized carbons (Fsp3) is 0.500. The van der Waals surface area contributed by atoms with Crippen LogP contribution in [0.1, 0.15) is 6.92 Å². The van der Waals surface area contributed by atoms with Crippen molar-refractivity contribution in [3.63, 3.8) is 0 Å². The minimum atomic E-state index is -4.44. The van der Waals surface area contributed by atoms with Gasteiger partial charge in [-0.2, -0.15) is 22.0 Å². The lowest BCUT2D eigenvalue weighted by Gasteiger charge is -2.09. The van der Waals surface area contributed by atoms with E-state index < -0.39 is 18.5 Å². The van der Waals surface area contributed by atoms with Crippen LogP contribution in [0.5, 0.6) is 0 Å². The topological polar surface area (TPSA) is 0 Å². The van der Waals surface area contributed by atoms with Gasteiger partial charge in [0.2, 0.25) is 0 Å². The third-order valence-corrected chi connectivity index (χ3v) is 1.03. The van der Waals surface area contributed by atoms with Crippen LogP contribution in [0, 0.1) is 12.3 Å². The number of hydrogen-bond acceptors (Lipinski definition) is 0. The van der Waals surface area contributed by atoms with Crippen LogP contribution in [0.25, 0.3) is 0 Å². The minimum absolute atomic E-state index is 0.151. The normalized spacial score (nSPS) is 16.3. The summed E-state index contributed by atoms with van der Waals surface area (Å²) in [5, 5.41) is 0. The van der Waals surface area contributed by atoms with E-state index in [0.717, 1.165) is 6.92 Å². The molecule has 0 aliphatic heterocycles. The van der Waals surface area contributed by atoms with Gasteiger partial charge in [0.05, 0.1) is 5.92 Å². The third-order valence-electron chi connectivity index (χ3n) is 1.03. The van der Waals surface area contributed by atoms with E-state index in [1.54, 1.807) is 0 Å². The Bertz CT molecular complexity index is 134. The zero-order valence-corrected chi connectivity index (χ0v) is 5.62. The smallest absolute Gasteiger partial charge is 0.195 e. The van der Waals surface area contributed by atoms with E-state index in [2.05, 4.69) is 0 Å². The van der Waals surface area contributed by atoms with E-state index in [0.29, 0.717) is 6.08 Å². The molecule has 0 rings (SSSR count). The molecule has 0 fully saturated rings. The molecule has 0 spiro atoms. The number of allylic oxidation sites excluding steroid dienone is 2. The predicted octanol–water partition coefficient (Wildman–Crippen LogP) is 3.17. The molecule has 0 aromatic heterocycles. The highest BCUT2D eigenvalue weighted by Crippen LogP contribution is 2.27. The van der Waals surface area contributed by atoms with Gasteiger partial charge in [0, 0.05) is 0 Å². The molecule has 0 aromatic carbocycles. The number of rotatable bonds is 2. The van der Waals surface area contributed by atoms with Crippen LogP contribution in [-0.2, 0) is 0 Å². The molecule has 1 unspecified atom stereocenters. The Morgan fingerprint density at radius 1 is 1.27 bits per heavy atom. The molecule has 0 heterocycles. The Balaban J connectivity index is 3.97. The molecule has 65 valence electrons. The zero-order chi connectivity index (χ0) is 9.07. The maximum Gasteiger partial charge on any atom is 0.394 e. The monoisotopic (exact) mass is 173 g/mol. The van der Waals surface area contributed by atoms with E-state index in [9.17, 15) is 22.0 Å². The second-order valence-electron chi connectivity index (χ2n) is 1.98. The van der Waals surface area contributed by atoms with Gasteiger partial charge in [-0.15, -0.1) is 0 Å². The van der Waals surface area contributed by atoms with Crippen molar-refractivity contribution in [1.82, 2.24) is 0 Å². The van der Waals surface area contributed by atoms with Gasteiger partial charge in [0.25, 0.3) is 0 Å². The van der Waals surface area contributed by atoms with Crippen LogP contribution in [0.15, 0.2) is 12.2 Å². The molecule has 1 radical (unpaired) electrons. The number of alkyl halides is 3. The van der Waals surface area contributed by atoms with Crippen LogP contribution < -0.4 is 0 Å². The average Bonchev–Trinajstić information content (AvgIpc) is 1.80. The molecule has 1 atom stereocenters.